The molecule has 6 heterocycles. The Hall–Kier alpha value is -3.43. The standard InChI is InChI=1S/C25H30N8O5S2/c1-13(16-8-27-12-28-16)38-31-18(17-11-40-25(26)29-17)21(34)30-19-22(35)32-20(24(36)37)14(10-39-23(19)32)9-33-6-2-4-15(33)5-3-7-33/h8,11-13,15,19,23H,2-7,9-10H2,1H3,(H4-,26,27,28,29,30,34,36,37)/p+1/b31-18-/t13?,15?,19-,23-,33?/m1/s1. The number of nitrogen functional groups attached to an aromatic ring is 1. The number of fused-ring (bicyclic) bond motifs is 2. The van der Waals surface area contributed by atoms with E-state index >= 15 is 0 Å². The molecule has 2 aromatic rings. The van der Waals surface area contributed by atoms with Gasteiger partial charge in [0.15, 0.2) is 16.9 Å². The highest BCUT2D eigenvalue weighted by Gasteiger charge is 2.56. The lowest BCUT2D eigenvalue weighted by molar-refractivity contribution is -0.922. The fourth-order valence-electron chi connectivity index (χ4n) is 6.41. The lowest BCUT2D eigenvalue weighted by atomic mass is 10.0. The minimum Gasteiger partial charge on any atom is -0.477 e. The minimum absolute atomic E-state index is 0.0715. The molecule has 0 aliphatic carbocycles. The molecule has 1 unspecified atom stereocenters. The smallest absolute Gasteiger partial charge is 0.352 e. The maximum absolute atomic E-state index is 13.4. The van der Waals surface area contributed by atoms with Crippen LogP contribution in [0.2, 0.25) is 0 Å². The molecule has 0 saturated carbocycles. The summed E-state index contributed by atoms with van der Waals surface area (Å²) in [4.78, 5) is 57.1. The predicted octanol–water partition coefficient (Wildman–Crippen LogP) is 1.44. The summed E-state index contributed by atoms with van der Waals surface area (Å²) in [6.07, 6.45) is 7.24. The Morgan fingerprint density at radius 3 is 2.80 bits per heavy atom. The van der Waals surface area contributed by atoms with Gasteiger partial charge < -0.3 is 30.5 Å². The zero-order valence-electron chi connectivity index (χ0n) is 21.9. The van der Waals surface area contributed by atoms with Gasteiger partial charge in [-0.1, -0.05) is 5.16 Å². The first-order valence-corrected chi connectivity index (χ1v) is 15.2. The molecular weight excluding hydrogens is 556 g/mol. The van der Waals surface area contributed by atoms with Crippen molar-refractivity contribution >= 4 is 51.7 Å². The van der Waals surface area contributed by atoms with Crippen LogP contribution < -0.4 is 11.1 Å². The molecule has 3 atom stereocenters. The Labute approximate surface area is 238 Å². The number of nitrogens with one attached hydrogen (secondary N) is 2. The van der Waals surface area contributed by atoms with Crippen molar-refractivity contribution in [3.8, 4) is 0 Å². The molecule has 15 heteroatoms. The van der Waals surface area contributed by atoms with E-state index < -0.39 is 35.3 Å². The van der Waals surface area contributed by atoms with Crippen LogP contribution in [0.3, 0.4) is 0 Å². The van der Waals surface area contributed by atoms with E-state index in [0.29, 0.717) is 24.0 Å². The van der Waals surface area contributed by atoms with E-state index in [4.69, 9.17) is 10.6 Å². The molecule has 3 saturated heterocycles. The molecule has 0 bridgehead atoms. The monoisotopic (exact) mass is 587 g/mol. The van der Waals surface area contributed by atoms with Crippen molar-refractivity contribution in [3.63, 3.8) is 0 Å². The van der Waals surface area contributed by atoms with Crippen LogP contribution >= 0.6 is 23.1 Å². The number of imidazole rings is 1. The van der Waals surface area contributed by atoms with Gasteiger partial charge in [0, 0.05) is 42.4 Å². The van der Waals surface area contributed by atoms with Crippen LogP contribution in [0.1, 0.15) is 50.1 Å². The van der Waals surface area contributed by atoms with Crippen molar-refractivity contribution in [2.75, 3.05) is 31.1 Å². The third-order valence-corrected chi connectivity index (χ3v) is 10.4. The number of nitrogens with two attached hydrogens (primary N) is 1. The zero-order chi connectivity index (χ0) is 28.0. The predicted molar refractivity (Wildman–Crippen MR) is 148 cm³/mol. The Balaban J connectivity index is 1.20. The number of nitrogens with zero attached hydrogens (tertiary/aromatic N) is 5. The Morgan fingerprint density at radius 1 is 1.38 bits per heavy atom. The molecule has 4 aliphatic rings. The summed E-state index contributed by atoms with van der Waals surface area (Å²) in [6.45, 7) is 4.53. The number of quaternary nitrogens is 1. The van der Waals surface area contributed by atoms with E-state index in [1.165, 1.54) is 35.8 Å². The molecule has 5 N–H and O–H groups in total. The van der Waals surface area contributed by atoms with Crippen LogP contribution in [-0.4, -0.2) is 95.8 Å². The van der Waals surface area contributed by atoms with Crippen LogP contribution in [0.4, 0.5) is 5.13 Å². The first kappa shape index (κ1) is 26.8. The van der Waals surface area contributed by atoms with Gasteiger partial charge in [0.1, 0.15) is 29.4 Å². The number of thioether (sulfide) groups is 1. The second-order valence-electron chi connectivity index (χ2n) is 10.6. The van der Waals surface area contributed by atoms with Crippen LogP contribution in [0.25, 0.3) is 0 Å². The Morgan fingerprint density at radius 2 is 2.15 bits per heavy atom. The molecule has 212 valence electrons. The van der Waals surface area contributed by atoms with E-state index in [1.54, 1.807) is 18.5 Å². The molecule has 2 aromatic heterocycles. The topological polar surface area (TPSA) is 176 Å². The molecule has 2 amide bonds. The number of amides is 2. The number of aliphatic carboxylic acids is 1. The molecule has 4 aliphatic heterocycles. The number of hydrogen-bond acceptors (Lipinski definition) is 10. The molecule has 0 aromatic carbocycles. The third-order valence-electron chi connectivity index (χ3n) is 8.34. The van der Waals surface area contributed by atoms with Crippen molar-refractivity contribution in [2.24, 2.45) is 5.16 Å². The third kappa shape index (κ3) is 4.65. The molecule has 3 fully saturated rings. The number of hydrogen-bond donors (Lipinski definition) is 4. The number of aromatic amines is 1. The average Bonchev–Trinajstić information content (AvgIpc) is 3.72. The van der Waals surface area contributed by atoms with Crippen molar-refractivity contribution in [2.45, 2.75) is 56.2 Å². The summed E-state index contributed by atoms with van der Waals surface area (Å²) in [5, 5.41) is 18.3. The summed E-state index contributed by atoms with van der Waals surface area (Å²) in [6, 6.07) is -0.321. The second-order valence-corrected chi connectivity index (χ2v) is 12.6. The number of oxime groups is 1. The van der Waals surface area contributed by atoms with E-state index in [1.807, 2.05) is 0 Å². The fourth-order valence-corrected chi connectivity index (χ4v) is 8.30. The second kappa shape index (κ2) is 10.5. The number of H-pyrrole nitrogens is 1. The van der Waals surface area contributed by atoms with Gasteiger partial charge in [-0.25, -0.2) is 14.8 Å². The van der Waals surface area contributed by atoms with E-state index in [9.17, 15) is 19.5 Å². The average molecular weight is 588 g/mol. The lowest BCUT2D eigenvalue weighted by Crippen LogP contribution is -2.71. The summed E-state index contributed by atoms with van der Waals surface area (Å²) in [7, 11) is 0. The number of carbonyl (C=O) groups excluding carboxylic acids is 2. The summed E-state index contributed by atoms with van der Waals surface area (Å²) >= 11 is 2.63. The van der Waals surface area contributed by atoms with Gasteiger partial charge in [-0.15, -0.1) is 23.1 Å². The van der Waals surface area contributed by atoms with Crippen molar-refractivity contribution < 1.29 is 28.8 Å². The zero-order valence-corrected chi connectivity index (χ0v) is 23.5. The number of rotatable bonds is 9. The first-order chi connectivity index (χ1) is 19.3. The Kier molecular flexibility index (Phi) is 7.04. The largest absolute Gasteiger partial charge is 0.477 e. The first-order valence-electron chi connectivity index (χ1n) is 13.3. The number of carbonyl (C=O) groups is 3. The van der Waals surface area contributed by atoms with Gasteiger partial charge >= 0.3 is 5.97 Å². The number of anilines is 1. The number of carboxylic acid groups (broad SMARTS) is 1. The molecule has 13 nitrogen and oxygen atoms in total. The van der Waals surface area contributed by atoms with Gasteiger partial charge in [0.2, 0.25) is 0 Å². The van der Waals surface area contributed by atoms with E-state index in [0.717, 1.165) is 47.3 Å². The minimum atomic E-state index is -1.10. The Bertz CT molecular complexity index is 1380. The van der Waals surface area contributed by atoms with Crippen LogP contribution in [0.15, 0.2) is 34.3 Å². The van der Waals surface area contributed by atoms with Crippen molar-refractivity contribution in [1.82, 2.24) is 25.2 Å². The summed E-state index contributed by atoms with van der Waals surface area (Å²) in [5.74, 6) is -1.72. The quantitative estimate of drug-likeness (QED) is 0.146. The van der Waals surface area contributed by atoms with Crippen molar-refractivity contribution in [3.05, 3.63) is 40.6 Å². The van der Waals surface area contributed by atoms with Crippen LogP contribution in [0, 0.1) is 0 Å². The maximum Gasteiger partial charge on any atom is 0.352 e. The lowest BCUT2D eigenvalue weighted by Gasteiger charge is -2.50. The van der Waals surface area contributed by atoms with E-state index in [2.05, 4.69) is 25.4 Å². The molecular formula is C25H31N8O5S2+. The number of β-lactam (4-membered cyclic amide) rings is 1. The van der Waals surface area contributed by atoms with Gasteiger partial charge in [-0.2, -0.15) is 0 Å². The molecule has 0 radical (unpaired) electrons. The SMILES string of the molecule is CC(O/N=C(\C(=O)N[C@@H]1C(=O)N2C(C(=O)O)=C(C[N+]34CCCC3CCC4)CS[C@H]12)c1csc(N)n1)c1cnc[nH]1. The van der Waals surface area contributed by atoms with Gasteiger partial charge in [-0.3, -0.25) is 14.5 Å². The molecule has 6 rings (SSSR count). The number of aromatic nitrogens is 3. The van der Waals surface area contributed by atoms with Gasteiger partial charge in [-0.05, 0) is 6.92 Å². The summed E-state index contributed by atoms with van der Waals surface area (Å²) in [5.41, 5.74) is 7.40. The highest BCUT2D eigenvalue weighted by Crippen LogP contribution is 2.44. The number of thiazole rings is 1. The maximum atomic E-state index is 13.4. The van der Waals surface area contributed by atoms with Crippen LogP contribution in [0.5, 0.6) is 0 Å². The van der Waals surface area contributed by atoms with Crippen molar-refractivity contribution in [1.29, 1.82) is 0 Å². The van der Waals surface area contributed by atoms with Gasteiger partial charge in [0.25, 0.3) is 11.8 Å². The highest BCUT2D eigenvalue weighted by atomic mass is 32.2. The fraction of sp³-hybridized carbons (Fsp3) is 0.520. The number of carboxylic acids is 1. The highest BCUT2D eigenvalue weighted by molar-refractivity contribution is 8.00. The molecule has 40 heavy (non-hydrogen) atoms. The normalized spacial score (nSPS) is 28.6. The van der Waals surface area contributed by atoms with Gasteiger partial charge in [0.05, 0.1) is 37.3 Å². The van der Waals surface area contributed by atoms with Crippen LogP contribution in [-0.2, 0) is 19.2 Å². The summed E-state index contributed by atoms with van der Waals surface area (Å²) < 4.78 is 0.938. The molecule has 0 spiro atoms. The van der Waals surface area contributed by atoms with E-state index in [-0.39, 0.29) is 22.2 Å².